The van der Waals surface area contributed by atoms with Crippen LogP contribution in [-0.2, 0) is 6.42 Å². The Labute approximate surface area is 139 Å². The first kappa shape index (κ1) is 16.0. The Balaban J connectivity index is 2.09. The van der Waals surface area contributed by atoms with Crippen molar-refractivity contribution >= 4 is 33.1 Å². The number of unbranched alkanes of at least 4 members (excludes halogenated alkanes) is 1. The van der Waals surface area contributed by atoms with Gasteiger partial charge in [-0.1, -0.05) is 37.7 Å². The molecule has 2 rings (SSSR count). The van der Waals surface area contributed by atoms with E-state index in [2.05, 4.69) is 35.0 Å². The molecule has 0 aromatic heterocycles. The van der Waals surface area contributed by atoms with E-state index in [0.29, 0.717) is 4.99 Å². The van der Waals surface area contributed by atoms with E-state index in [0.717, 1.165) is 28.0 Å². The minimum atomic E-state index is 0.377. The van der Waals surface area contributed by atoms with Crippen LogP contribution in [-0.4, -0.2) is 4.99 Å². The fourth-order valence-electron chi connectivity index (χ4n) is 1.97. The molecule has 0 fully saturated rings. The number of hydrogen-bond donors (Lipinski definition) is 1. The first-order chi connectivity index (χ1) is 10.1. The molecule has 0 saturated carbocycles. The van der Waals surface area contributed by atoms with E-state index >= 15 is 0 Å². The molecule has 2 aromatic carbocycles. The van der Waals surface area contributed by atoms with Gasteiger partial charge in [-0.2, -0.15) is 0 Å². The number of halogens is 1. The molecular weight excluding hydrogens is 346 g/mol. The lowest BCUT2D eigenvalue weighted by Gasteiger charge is -2.10. The second kappa shape index (κ2) is 7.57. The molecule has 0 atom stereocenters. The number of thiocarbonyl (C=S) groups is 1. The first-order valence-corrected chi connectivity index (χ1v) is 8.16. The van der Waals surface area contributed by atoms with Crippen molar-refractivity contribution in [3.63, 3.8) is 0 Å². The lowest BCUT2D eigenvalue weighted by Crippen LogP contribution is -2.08. The van der Waals surface area contributed by atoms with Crippen molar-refractivity contribution < 1.29 is 4.74 Å². The minimum Gasteiger partial charge on any atom is -0.456 e. The maximum atomic E-state index is 5.87. The van der Waals surface area contributed by atoms with Gasteiger partial charge in [0.15, 0.2) is 0 Å². The topological polar surface area (TPSA) is 35.2 Å². The maximum Gasteiger partial charge on any atom is 0.141 e. The Hall–Kier alpha value is -1.39. The average Bonchev–Trinajstić information content (AvgIpc) is 2.48. The number of rotatable bonds is 6. The molecular formula is C17H18BrNOS. The van der Waals surface area contributed by atoms with E-state index in [1.807, 2.05) is 30.3 Å². The summed E-state index contributed by atoms with van der Waals surface area (Å²) in [5.74, 6) is 1.57. The highest BCUT2D eigenvalue weighted by molar-refractivity contribution is 9.10. The number of benzene rings is 2. The van der Waals surface area contributed by atoms with Crippen LogP contribution in [0.25, 0.3) is 0 Å². The van der Waals surface area contributed by atoms with Crippen LogP contribution >= 0.6 is 28.1 Å². The standard InChI is InChI=1S/C17H18BrNOS/c1-2-3-4-12-5-8-14(9-6-12)20-16-10-7-13(17(19)21)11-15(16)18/h5-11H,2-4H2,1H3,(H2,19,21). The summed E-state index contributed by atoms with van der Waals surface area (Å²) in [5.41, 5.74) is 7.77. The van der Waals surface area contributed by atoms with E-state index in [-0.39, 0.29) is 0 Å². The lowest BCUT2D eigenvalue weighted by molar-refractivity contribution is 0.479. The fraction of sp³-hybridized carbons (Fsp3) is 0.235. The predicted octanol–water partition coefficient (Wildman–Crippen LogP) is 5.22. The SMILES string of the molecule is CCCCc1ccc(Oc2ccc(C(N)=S)cc2Br)cc1. The Morgan fingerprint density at radius 1 is 1.19 bits per heavy atom. The van der Waals surface area contributed by atoms with Crippen LogP contribution < -0.4 is 10.5 Å². The largest absolute Gasteiger partial charge is 0.456 e. The van der Waals surface area contributed by atoms with E-state index in [1.165, 1.54) is 18.4 Å². The second-order valence-corrected chi connectivity index (χ2v) is 6.15. The van der Waals surface area contributed by atoms with Gasteiger partial charge in [-0.05, 0) is 64.7 Å². The van der Waals surface area contributed by atoms with Gasteiger partial charge in [0.2, 0.25) is 0 Å². The van der Waals surface area contributed by atoms with E-state index in [1.54, 1.807) is 0 Å². The maximum absolute atomic E-state index is 5.87. The van der Waals surface area contributed by atoms with Gasteiger partial charge >= 0.3 is 0 Å². The Kier molecular flexibility index (Phi) is 5.76. The molecule has 21 heavy (non-hydrogen) atoms. The summed E-state index contributed by atoms with van der Waals surface area (Å²) in [4.78, 5) is 0.377. The monoisotopic (exact) mass is 363 g/mol. The summed E-state index contributed by atoms with van der Waals surface area (Å²) in [6.45, 7) is 2.20. The number of nitrogens with two attached hydrogens (primary N) is 1. The Morgan fingerprint density at radius 2 is 1.90 bits per heavy atom. The zero-order chi connectivity index (χ0) is 15.2. The average molecular weight is 364 g/mol. The van der Waals surface area contributed by atoms with Crippen molar-refractivity contribution in [2.75, 3.05) is 0 Å². The molecule has 0 unspecified atom stereocenters. The van der Waals surface area contributed by atoms with Gasteiger partial charge in [-0.15, -0.1) is 0 Å². The van der Waals surface area contributed by atoms with Gasteiger partial charge in [0, 0.05) is 5.56 Å². The molecule has 2 aromatic rings. The second-order valence-electron chi connectivity index (χ2n) is 4.86. The smallest absolute Gasteiger partial charge is 0.141 e. The molecule has 0 aliphatic carbocycles. The Morgan fingerprint density at radius 3 is 2.48 bits per heavy atom. The molecule has 4 heteroatoms. The lowest BCUT2D eigenvalue weighted by atomic mass is 10.1. The van der Waals surface area contributed by atoms with Gasteiger partial charge in [-0.25, -0.2) is 0 Å². The van der Waals surface area contributed by atoms with Crippen molar-refractivity contribution in [2.24, 2.45) is 5.73 Å². The molecule has 0 spiro atoms. The van der Waals surface area contributed by atoms with Crippen molar-refractivity contribution in [3.05, 3.63) is 58.1 Å². The fourth-order valence-corrected chi connectivity index (χ4v) is 2.56. The summed E-state index contributed by atoms with van der Waals surface area (Å²) in [5, 5.41) is 0. The molecule has 2 N–H and O–H groups in total. The van der Waals surface area contributed by atoms with Gasteiger partial charge in [0.1, 0.15) is 16.5 Å². The van der Waals surface area contributed by atoms with Crippen molar-refractivity contribution in [1.82, 2.24) is 0 Å². The van der Waals surface area contributed by atoms with Crippen LogP contribution in [0.2, 0.25) is 0 Å². The molecule has 0 saturated heterocycles. The van der Waals surface area contributed by atoms with Gasteiger partial charge in [0.05, 0.1) is 4.47 Å². The molecule has 0 heterocycles. The van der Waals surface area contributed by atoms with Gasteiger partial charge in [0.25, 0.3) is 0 Å². The number of hydrogen-bond acceptors (Lipinski definition) is 2. The minimum absolute atomic E-state index is 0.377. The quantitative estimate of drug-likeness (QED) is 0.714. The zero-order valence-electron chi connectivity index (χ0n) is 11.9. The normalized spacial score (nSPS) is 10.4. The summed E-state index contributed by atoms with van der Waals surface area (Å²) in [6, 6.07) is 13.8. The van der Waals surface area contributed by atoms with Crippen LogP contribution in [0, 0.1) is 0 Å². The molecule has 0 radical (unpaired) electrons. The van der Waals surface area contributed by atoms with Crippen LogP contribution in [0.15, 0.2) is 46.9 Å². The third-order valence-corrected chi connectivity index (χ3v) is 4.04. The summed E-state index contributed by atoms with van der Waals surface area (Å²) < 4.78 is 6.71. The third kappa shape index (κ3) is 4.55. The highest BCUT2D eigenvalue weighted by Crippen LogP contribution is 2.30. The summed E-state index contributed by atoms with van der Waals surface area (Å²) in [6.07, 6.45) is 3.54. The van der Waals surface area contributed by atoms with Crippen LogP contribution in [0.5, 0.6) is 11.5 Å². The molecule has 0 bridgehead atoms. The molecule has 0 aliphatic rings. The molecule has 0 aliphatic heterocycles. The third-order valence-electron chi connectivity index (χ3n) is 3.19. The molecule has 0 amide bonds. The van der Waals surface area contributed by atoms with Gasteiger partial charge in [-0.3, -0.25) is 0 Å². The highest BCUT2D eigenvalue weighted by atomic mass is 79.9. The summed E-state index contributed by atoms with van der Waals surface area (Å²) in [7, 11) is 0. The summed E-state index contributed by atoms with van der Waals surface area (Å²) >= 11 is 8.44. The predicted molar refractivity (Wildman–Crippen MR) is 95.2 cm³/mol. The van der Waals surface area contributed by atoms with Crippen molar-refractivity contribution in [1.29, 1.82) is 0 Å². The Bertz CT molecular complexity index is 625. The van der Waals surface area contributed by atoms with Crippen LogP contribution in [0.4, 0.5) is 0 Å². The van der Waals surface area contributed by atoms with Crippen LogP contribution in [0.1, 0.15) is 30.9 Å². The molecule has 110 valence electrons. The van der Waals surface area contributed by atoms with Crippen molar-refractivity contribution in [2.45, 2.75) is 26.2 Å². The molecule has 2 nitrogen and oxygen atoms in total. The van der Waals surface area contributed by atoms with E-state index in [4.69, 9.17) is 22.7 Å². The van der Waals surface area contributed by atoms with E-state index in [9.17, 15) is 0 Å². The van der Waals surface area contributed by atoms with Crippen molar-refractivity contribution in [3.8, 4) is 11.5 Å². The number of aryl methyl sites for hydroxylation is 1. The zero-order valence-corrected chi connectivity index (χ0v) is 14.3. The van der Waals surface area contributed by atoms with Gasteiger partial charge < -0.3 is 10.5 Å². The van der Waals surface area contributed by atoms with E-state index < -0.39 is 0 Å². The number of ether oxygens (including phenoxy) is 1. The first-order valence-electron chi connectivity index (χ1n) is 6.96. The highest BCUT2D eigenvalue weighted by Gasteiger charge is 2.06. The van der Waals surface area contributed by atoms with Crippen LogP contribution in [0.3, 0.4) is 0 Å².